The second-order valence-electron chi connectivity index (χ2n) is 4.15. The first-order chi connectivity index (χ1) is 8.85. The van der Waals surface area contributed by atoms with Crippen molar-refractivity contribution in [1.29, 1.82) is 0 Å². The summed E-state index contributed by atoms with van der Waals surface area (Å²) in [5, 5.41) is 3.20. The Kier molecular flexibility index (Phi) is 4.37. The third-order valence-corrected chi connectivity index (χ3v) is 2.84. The third kappa shape index (κ3) is 2.90. The van der Waals surface area contributed by atoms with Crippen LogP contribution in [0.4, 0.5) is 0 Å². The van der Waals surface area contributed by atoms with E-state index in [9.17, 15) is 0 Å². The van der Waals surface area contributed by atoms with E-state index < -0.39 is 0 Å². The van der Waals surface area contributed by atoms with Crippen molar-refractivity contribution in [2.45, 2.75) is 13.5 Å². The predicted octanol–water partition coefficient (Wildman–Crippen LogP) is 3.47. The van der Waals surface area contributed by atoms with Gasteiger partial charge in [-0.15, -0.1) is 0 Å². The molecule has 0 fully saturated rings. The maximum atomic E-state index is 5.55. The lowest BCUT2D eigenvalue weighted by atomic mass is 9.99. The van der Waals surface area contributed by atoms with Crippen molar-refractivity contribution in [2.24, 2.45) is 0 Å². The van der Waals surface area contributed by atoms with E-state index in [0.29, 0.717) is 6.61 Å². The first-order valence-corrected chi connectivity index (χ1v) is 6.31. The Morgan fingerprint density at radius 1 is 1.06 bits per heavy atom. The largest absolute Gasteiger partial charge is 0.494 e. The molecule has 0 bridgehead atoms. The van der Waals surface area contributed by atoms with Gasteiger partial charge in [0.15, 0.2) is 0 Å². The van der Waals surface area contributed by atoms with Gasteiger partial charge in [0.2, 0.25) is 0 Å². The zero-order chi connectivity index (χ0) is 12.8. The molecular formula is C16H19NO. The van der Waals surface area contributed by atoms with Gasteiger partial charge in [-0.3, -0.25) is 0 Å². The summed E-state index contributed by atoms with van der Waals surface area (Å²) in [6.07, 6.45) is 0. The second-order valence-corrected chi connectivity index (χ2v) is 4.15. The van der Waals surface area contributed by atoms with Gasteiger partial charge in [0.05, 0.1) is 6.61 Å². The first-order valence-electron chi connectivity index (χ1n) is 6.31. The summed E-state index contributed by atoms with van der Waals surface area (Å²) >= 11 is 0. The van der Waals surface area contributed by atoms with Gasteiger partial charge in [-0.2, -0.15) is 0 Å². The molecule has 0 aromatic heterocycles. The number of hydrogen-bond donors (Lipinski definition) is 1. The van der Waals surface area contributed by atoms with Crippen molar-refractivity contribution in [3.8, 4) is 16.9 Å². The number of benzene rings is 2. The smallest absolute Gasteiger partial charge is 0.119 e. The molecule has 0 heterocycles. The molecule has 0 aliphatic rings. The standard InChI is InChI=1S/C16H19NO/c1-3-18-15-9-6-8-13(11-15)16-10-5-4-7-14(16)12-17-2/h4-11,17H,3,12H2,1-2H3. The average Bonchev–Trinajstić information content (AvgIpc) is 2.40. The summed E-state index contributed by atoms with van der Waals surface area (Å²) < 4.78 is 5.55. The van der Waals surface area contributed by atoms with Crippen LogP contribution in [-0.4, -0.2) is 13.7 Å². The van der Waals surface area contributed by atoms with Crippen LogP contribution < -0.4 is 10.1 Å². The van der Waals surface area contributed by atoms with E-state index in [1.54, 1.807) is 0 Å². The van der Waals surface area contributed by atoms with Gasteiger partial charge in [-0.05, 0) is 42.8 Å². The summed E-state index contributed by atoms with van der Waals surface area (Å²) in [4.78, 5) is 0. The van der Waals surface area contributed by atoms with E-state index in [1.807, 2.05) is 26.1 Å². The fourth-order valence-corrected chi connectivity index (χ4v) is 2.07. The molecule has 0 saturated carbocycles. The van der Waals surface area contributed by atoms with Gasteiger partial charge in [0, 0.05) is 6.54 Å². The maximum Gasteiger partial charge on any atom is 0.119 e. The van der Waals surface area contributed by atoms with Crippen LogP contribution in [0.5, 0.6) is 5.75 Å². The number of nitrogens with one attached hydrogen (secondary N) is 1. The van der Waals surface area contributed by atoms with Crippen molar-refractivity contribution in [2.75, 3.05) is 13.7 Å². The molecule has 0 unspecified atom stereocenters. The van der Waals surface area contributed by atoms with Crippen LogP contribution in [0.15, 0.2) is 48.5 Å². The van der Waals surface area contributed by atoms with Crippen LogP contribution in [0.2, 0.25) is 0 Å². The number of hydrogen-bond acceptors (Lipinski definition) is 2. The van der Waals surface area contributed by atoms with Crippen molar-refractivity contribution >= 4 is 0 Å². The van der Waals surface area contributed by atoms with Crippen LogP contribution in [0.1, 0.15) is 12.5 Å². The second kappa shape index (κ2) is 6.22. The zero-order valence-corrected chi connectivity index (χ0v) is 10.9. The van der Waals surface area contributed by atoms with Gasteiger partial charge < -0.3 is 10.1 Å². The Bertz CT molecular complexity index is 508. The molecule has 2 rings (SSSR count). The number of ether oxygens (including phenoxy) is 1. The summed E-state index contributed by atoms with van der Waals surface area (Å²) in [7, 11) is 1.97. The van der Waals surface area contributed by atoms with Gasteiger partial charge in [0.1, 0.15) is 5.75 Å². The Balaban J connectivity index is 2.38. The molecule has 18 heavy (non-hydrogen) atoms. The molecule has 0 saturated heterocycles. The minimum absolute atomic E-state index is 0.696. The minimum Gasteiger partial charge on any atom is -0.494 e. The van der Waals surface area contributed by atoms with Gasteiger partial charge >= 0.3 is 0 Å². The van der Waals surface area contributed by atoms with Crippen molar-refractivity contribution in [3.63, 3.8) is 0 Å². The van der Waals surface area contributed by atoms with Crippen molar-refractivity contribution in [1.82, 2.24) is 5.32 Å². The van der Waals surface area contributed by atoms with Crippen LogP contribution in [0.25, 0.3) is 11.1 Å². The highest BCUT2D eigenvalue weighted by molar-refractivity contribution is 5.68. The monoisotopic (exact) mass is 241 g/mol. The molecular weight excluding hydrogens is 222 g/mol. The lowest BCUT2D eigenvalue weighted by Crippen LogP contribution is -2.06. The van der Waals surface area contributed by atoms with E-state index >= 15 is 0 Å². The first kappa shape index (κ1) is 12.7. The highest BCUT2D eigenvalue weighted by atomic mass is 16.5. The average molecular weight is 241 g/mol. The molecule has 0 aliphatic heterocycles. The summed E-state index contributed by atoms with van der Waals surface area (Å²) in [5.41, 5.74) is 3.76. The molecule has 1 N–H and O–H groups in total. The molecule has 94 valence electrons. The molecule has 0 aliphatic carbocycles. The molecule has 2 aromatic carbocycles. The molecule has 0 atom stereocenters. The minimum atomic E-state index is 0.696. The summed E-state index contributed by atoms with van der Waals surface area (Å²) in [5.74, 6) is 0.925. The quantitative estimate of drug-likeness (QED) is 0.865. The van der Waals surface area contributed by atoms with Gasteiger partial charge in [0.25, 0.3) is 0 Å². The Morgan fingerprint density at radius 3 is 2.67 bits per heavy atom. The van der Waals surface area contributed by atoms with Gasteiger partial charge in [-0.1, -0.05) is 36.4 Å². The van der Waals surface area contributed by atoms with Crippen LogP contribution >= 0.6 is 0 Å². The van der Waals surface area contributed by atoms with E-state index in [0.717, 1.165) is 12.3 Å². The normalized spacial score (nSPS) is 10.3. The topological polar surface area (TPSA) is 21.3 Å². The maximum absolute atomic E-state index is 5.55. The molecule has 0 spiro atoms. The highest BCUT2D eigenvalue weighted by Crippen LogP contribution is 2.26. The summed E-state index contributed by atoms with van der Waals surface area (Å²) in [6, 6.07) is 16.7. The van der Waals surface area contributed by atoms with Crippen LogP contribution in [0.3, 0.4) is 0 Å². The molecule has 0 amide bonds. The van der Waals surface area contributed by atoms with Crippen LogP contribution in [-0.2, 0) is 6.54 Å². The van der Waals surface area contributed by atoms with E-state index in [-0.39, 0.29) is 0 Å². The Labute approximate surface area is 109 Å². The van der Waals surface area contributed by atoms with E-state index in [1.165, 1.54) is 16.7 Å². The Morgan fingerprint density at radius 2 is 1.89 bits per heavy atom. The zero-order valence-electron chi connectivity index (χ0n) is 10.9. The molecule has 2 aromatic rings. The summed E-state index contributed by atoms with van der Waals surface area (Å²) in [6.45, 7) is 3.57. The molecule has 0 radical (unpaired) electrons. The van der Waals surface area contributed by atoms with Crippen molar-refractivity contribution < 1.29 is 4.74 Å². The fraction of sp³-hybridized carbons (Fsp3) is 0.250. The third-order valence-electron chi connectivity index (χ3n) is 2.84. The van der Waals surface area contributed by atoms with Gasteiger partial charge in [-0.25, -0.2) is 0 Å². The molecule has 2 heteroatoms. The SMILES string of the molecule is CCOc1cccc(-c2ccccc2CNC)c1. The Hall–Kier alpha value is -1.80. The lowest BCUT2D eigenvalue weighted by molar-refractivity contribution is 0.340. The number of rotatable bonds is 5. The fourth-order valence-electron chi connectivity index (χ4n) is 2.07. The van der Waals surface area contributed by atoms with Crippen LogP contribution in [0, 0.1) is 0 Å². The molecule has 2 nitrogen and oxygen atoms in total. The lowest BCUT2D eigenvalue weighted by Gasteiger charge is -2.11. The van der Waals surface area contributed by atoms with Crippen molar-refractivity contribution in [3.05, 3.63) is 54.1 Å². The van der Waals surface area contributed by atoms with E-state index in [2.05, 4.69) is 41.7 Å². The van der Waals surface area contributed by atoms with E-state index in [4.69, 9.17) is 4.74 Å². The highest BCUT2D eigenvalue weighted by Gasteiger charge is 2.04. The predicted molar refractivity (Wildman–Crippen MR) is 75.8 cm³/mol.